The van der Waals surface area contributed by atoms with Crippen molar-refractivity contribution < 1.29 is 14.3 Å². The Morgan fingerprint density at radius 2 is 1.82 bits per heavy atom. The summed E-state index contributed by atoms with van der Waals surface area (Å²) in [4.78, 5) is 33.5. The second-order valence-corrected chi connectivity index (χ2v) is 9.81. The number of benzene rings is 3. The third kappa shape index (κ3) is 6.17. The SMILES string of the molecule is CCOc1ccc(NC(=O)CSc2nc3ccc(N4CCOCC4)cc3c(=O)n2Cc2ccccc2)cc1. The molecule has 0 spiro atoms. The predicted molar refractivity (Wildman–Crippen MR) is 152 cm³/mol. The third-order valence-corrected chi connectivity index (χ3v) is 7.22. The van der Waals surface area contributed by atoms with Crippen molar-refractivity contribution in [1.82, 2.24) is 9.55 Å². The van der Waals surface area contributed by atoms with Gasteiger partial charge in [0.15, 0.2) is 5.16 Å². The van der Waals surface area contributed by atoms with E-state index in [2.05, 4.69) is 10.2 Å². The van der Waals surface area contributed by atoms with Gasteiger partial charge in [-0.1, -0.05) is 42.1 Å². The molecule has 9 heteroatoms. The lowest BCUT2D eigenvalue weighted by molar-refractivity contribution is -0.113. The first-order valence-electron chi connectivity index (χ1n) is 12.7. The second kappa shape index (κ2) is 12.1. The minimum absolute atomic E-state index is 0.117. The average Bonchev–Trinajstić information content (AvgIpc) is 2.96. The van der Waals surface area contributed by atoms with Crippen LogP contribution in [0.4, 0.5) is 11.4 Å². The van der Waals surface area contributed by atoms with Crippen LogP contribution in [0, 0.1) is 0 Å². The fourth-order valence-electron chi connectivity index (χ4n) is 4.35. The van der Waals surface area contributed by atoms with E-state index in [1.165, 1.54) is 11.8 Å². The maximum absolute atomic E-state index is 13.8. The lowest BCUT2D eigenvalue weighted by atomic mass is 10.2. The van der Waals surface area contributed by atoms with Crippen molar-refractivity contribution >= 4 is 39.9 Å². The van der Waals surface area contributed by atoms with Crippen molar-refractivity contribution in [3.8, 4) is 5.75 Å². The lowest BCUT2D eigenvalue weighted by Crippen LogP contribution is -2.36. The Morgan fingerprint density at radius 3 is 2.55 bits per heavy atom. The van der Waals surface area contributed by atoms with Gasteiger partial charge in [0.25, 0.3) is 5.56 Å². The number of anilines is 2. The molecule has 196 valence electrons. The lowest BCUT2D eigenvalue weighted by Gasteiger charge is -2.29. The number of carbonyl (C=O) groups is 1. The molecule has 0 saturated carbocycles. The summed E-state index contributed by atoms with van der Waals surface area (Å²) in [6, 6.07) is 22.9. The van der Waals surface area contributed by atoms with Crippen molar-refractivity contribution in [3.63, 3.8) is 0 Å². The number of carbonyl (C=O) groups excluding carboxylic acids is 1. The van der Waals surface area contributed by atoms with Crippen LogP contribution in [0.5, 0.6) is 5.75 Å². The molecule has 1 aliphatic rings. The van der Waals surface area contributed by atoms with Gasteiger partial charge in [-0.05, 0) is 55.0 Å². The van der Waals surface area contributed by atoms with Crippen LogP contribution in [0.3, 0.4) is 0 Å². The molecule has 0 bridgehead atoms. The van der Waals surface area contributed by atoms with Gasteiger partial charge < -0.3 is 19.7 Å². The number of nitrogens with one attached hydrogen (secondary N) is 1. The second-order valence-electron chi connectivity index (χ2n) is 8.87. The van der Waals surface area contributed by atoms with Gasteiger partial charge in [0.1, 0.15) is 5.75 Å². The Bertz CT molecular complexity index is 1450. The monoisotopic (exact) mass is 530 g/mol. The van der Waals surface area contributed by atoms with Crippen LogP contribution in [0.25, 0.3) is 10.9 Å². The van der Waals surface area contributed by atoms with Gasteiger partial charge in [-0.2, -0.15) is 0 Å². The summed E-state index contributed by atoms with van der Waals surface area (Å²) in [5.74, 6) is 0.690. The topological polar surface area (TPSA) is 85.7 Å². The Balaban J connectivity index is 1.40. The molecule has 8 nitrogen and oxygen atoms in total. The molecule has 1 N–H and O–H groups in total. The van der Waals surface area contributed by atoms with E-state index in [1.54, 1.807) is 16.7 Å². The largest absolute Gasteiger partial charge is 0.494 e. The summed E-state index contributed by atoms with van der Waals surface area (Å²) in [6.07, 6.45) is 0. The number of fused-ring (bicyclic) bond motifs is 1. The third-order valence-electron chi connectivity index (χ3n) is 6.24. The van der Waals surface area contributed by atoms with E-state index >= 15 is 0 Å². The van der Waals surface area contributed by atoms with E-state index in [0.717, 1.165) is 30.1 Å². The quantitative estimate of drug-likeness (QED) is 0.253. The summed E-state index contributed by atoms with van der Waals surface area (Å²) in [7, 11) is 0. The number of hydrogen-bond donors (Lipinski definition) is 1. The molecule has 5 rings (SSSR count). The molecule has 1 aromatic heterocycles. The van der Waals surface area contributed by atoms with E-state index in [9.17, 15) is 9.59 Å². The van der Waals surface area contributed by atoms with Gasteiger partial charge in [-0.3, -0.25) is 14.2 Å². The number of aromatic nitrogens is 2. The molecule has 1 aliphatic heterocycles. The number of thioether (sulfide) groups is 1. The Labute approximate surface area is 225 Å². The van der Waals surface area contributed by atoms with Crippen molar-refractivity contribution in [1.29, 1.82) is 0 Å². The minimum atomic E-state index is -0.178. The highest BCUT2D eigenvalue weighted by molar-refractivity contribution is 7.99. The van der Waals surface area contributed by atoms with E-state index in [-0.39, 0.29) is 17.2 Å². The summed E-state index contributed by atoms with van der Waals surface area (Å²) >= 11 is 1.25. The van der Waals surface area contributed by atoms with Gasteiger partial charge in [0.2, 0.25) is 5.91 Å². The highest BCUT2D eigenvalue weighted by Gasteiger charge is 2.17. The van der Waals surface area contributed by atoms with Crippen molar-refractivity contribution in [2.75, 3.05) is 48.9 Å². The van der Waals surface area contributed by atoms with Crippen molar-refractivity contribution in [2.45, 2.75) is 18.6 Å². The van der Waals surface area contributed by atoms with Crippen molar-refractivity contribution in [3.05, 3.63) is 88.7 Å². The zero-order chi connectivity index (χ0) is 26.3. The number of ether oxygens (including phenoxy) is 2. The number of hydrogen-bond acceptors (Lipinski definition) is 7. The molecule has 38 heavy (non-hydrogen) atoms. The van der Waals surface area contributed by atoms with Crippen LogP contribution in [-0.4, -0.2) is 54.1 Å². The van der Waals surface area contributed by atoms with Crippen LogP contribution >= 0.6 is 11.8 Å². The maximum Gasteiger partial charge on any atom is 0.262 e. The Hall–Kier alpha value is -3.82. The summed E-state index contributed by atoms with van der Waals surface area (Å²) < 4.78 is 12.6. The van der Waals surface area contributed by atoms with E-state index in [0.29, 0.717) is 48.1 Å². The van der Waals surface area contributed by atoms with Crippen LogP contribution in [0.15, 0.2) is 82.7 Å². The zero-order valence-corrected chi connectivity index (χ0v) is 22.1. The van der Waals surface area contributed by atoms with Crippen molar-refractivity contribution in [2.24, 2.45) is 0 Å². The van der Waals surface area contributed by atoms with E-state index in [1.807, 2.05) is 67.6 Å². The van der Waals surface area contributed by atoms with Gasteiger partial charge >= 0.3 is 0 Å². The molecule has 3 aromatic carbocycles. The fourth-order valence-corrected chi connectivity index (χ4v) is 5.15. The predicted octanol–water partition coefficient (Wildman–Crippen LogP) is 4.41. The van der Waals surface area contributed by atoms with Gasteiger partial charge in [0.05, 0.1) is 43.0 Å². The number of rotatable bonds is 9. The summed E-state index contributed by atoms with van der Waals surface area (Å²) in [5, 5.41) is 3.97. The van der Waals surface area contributed by atoms with E-state index < -0.39 is 0 Å². The molecular formula is C29H30N4O4S. The molecule has 0 atom stereocenters. The number of nitrogens with zero attached hydrogens (tertiary/aromatic N) is 3. The molecular weight excluding hydrogens is 500 g/mol. The first-order valence-corrected chi connectivity index (χ1v) is 13.7. The van der Waals surface area contributed by atoms with Gasteiger partial charge in [-0.25, -0.2) is 4.98 Å². The molecule has 1 fully saturated rings. The maximum atomic E-state index is 13.8. The average molecular weight is 531 g/mol. The first kappa shape index (κ1) is 25.8. The van der Waals surface area contributed by atoms with Crippen LogP contribution < -0.4 is 20.5 Å². The van der Waals surface area contributed by atoms with Gasteiger partial charge in [0, 0.05) is 24.5 Å². The minimum Gasteiger partial charge on any atom is -0.494 e. The molecule has 2 heterocycles. The Kier molecular flexibility index (Phi) is 8.25. The summed E-state index contributed by atoms with van der Waals surface area (Å²) in [6.45, 7) is 5.79. The molecule has 1 amide bonds. The number of amides is 1. The normalized spacial score (nSPS) is 13.4. The molecule has 0 radical (unpaired) electrons. The van der Waals surface area contributed by atoms with Crippen LogP contribution in [-0.2, 0) is 16.1 Å². The highest BCUT2D eigenvalue weighted by Crippen LogP contribution is 2.24. The number of morpholine rings is 1. The smallest absolute Gasteiger partial charge is 0.262 e. The van der Waals surface area contributed by atoms with E-state index in [4.69, 9.17) is 14.5 Å². The fraction of sp³-hybridized carbons (Fsp3) is 0.276. The Morgan fingerprint density at radius 1 is 1.05 bits per heavy atom. The zero-order valence-electron chi connectivity index (χ0n) is 21.3. The molecule has 0 unspecified atom stereocenters. The highest BCUT2D eigenvalue weighted by atomic mass is 32.2. The van der Waals surface area contributed by atoms with Crippen LogP contribution in [0.1, 0.15) is 12.5 Å². The standard InChI is InChI=1S/C29H30N4O4S/c1-2-37-24-11-8-22(9-12-24)30-27(34)20-38-29-31-26-13-10-23(32-14-16-36-17-15-32)18-25(26)28(35)33(29)19-21-6-4-3-5-7-21/h3-13,18H,2,14-17,19-20H2,1H3,(H,30,34). The van der Waals surface area contributed by atoms with Gasteiger partial charge in [-0.15, -0.1) is 0 Å². The molecule has 0 aliphatic carbocycles. The van der Waals surface area contributed by atoms with Crippen LogP contribution in [0.2, 0.25) is 0 Å². The molecule has 1 saturated heterocycles. The first-order chi connectivity index (χ1) is 18.6. The summed E-state index contributed by atoms with van der Waals surface area (Å²) in [5.41, 5.74) is 3.15. The molecule has 4 aromatic rings.